The smallest absolute Gasteiger partial charge is 0.343 e. The van der Waals surface area contributed by atoms with Gasteiger partial charge in [0.05, 0.1) is 30.1 Å². The van der Waals surface area contributed by atoms with Crippen LogP contribution < -0.4 is 20.8 Å². The predicted octanol–water partition coefficient (Wildman–Crippen LogP) is 2.33. The summed E-state index contributed by atoms with van der Waals surface area (Å²) >= 11 is 0. The molecule has 0 aliphatic carbocycles. The molecule has 0 saturated carbocycles. The number of nitro groups is 1. The number of nitriles is 1. The lowest BCUT2D eigenvalue weighted by atomic mass is 9.83. The Bertz CT molecular complexity index is 1360. The van der Waals surface area contributed by atoms with Crippen LogP contribution in [0.2, 0.25) is 0 Å². The third kappa shape index (κ3) is 3.54. The van der Waals surface area contributed by atoms with Crippen molar-refractivity contribution >= 4 is 5.69 Å². The number of benzene rings is 1. The van der Waals surface area contributed by atoms with Gasteiger partial charge in [-0.1, -0.05) is 6.07 Å². The molecule has 11 nitrogen and oxygen atoms in total. The minimum absolute atomic E-state index is 0.0690. The maximum Gasteiger partial charge on any atom is 0.343 e. The van der Waals surface area contributed by atoms with Crippen molar-refractivity contribution in [2.75, 3.05) is 7.11 Å². The van der Waals surface area contributed by atoms with Crippen LogP contribution >= 0.6 is 0 Å². The second-order valence-corrected chi connectivity index (χ2v) is 7.07. The molecule has 0 spiro atoms. The number of aromatic nitrogens is 2. The van der Waals surface area contributed by atoms with Crippen molar-refractivity contribution < 1.29 is 18.8 Å². The minimum atomic E-state index is -0.822. The van der Waals surface area contributed by atoms with Crippen LogP contribution in [0.3, 0.4) is 0 Å². The van der Waals surface area contributed by atoms with E-state index in [1.807, 2.05) is 6.07 Å². The summed E-state index contributed by atoms with van der Waals surface area (Å²) in [5.41, 5.74) is 6.63. The number of aryl methyl sites for hydroxylation is 1. The van der Waals surface area contributed by atoms with E-state index in [0.717, 1.165) is 6.20 Å². The summed E-state index contributed by atoms with van der Waals surface area (Å²) in [6.07, 6.45) is 2.45. The Morgan fingerprint density at radius 2 is 2.19 bits per heavy atom. The van der Waals surface area contributed by atoms with E-state index in [9.17, 15) is 20.2 Å². The van der Waals surface area contributed by atoms with Gasteiger partial charge < -0.3 is 19.6 Å². The number of methoxy groups -OCH3 is 1. The minimum Gasteiger partial charge on any atom is -0.496 e. The molecule has 2 N–H and O–H groups in total. The number of rotatable bonds is 5. The van der Waals surface area contributed by atoms with Gasteiger partial charge in [0.2, 0.25) is 5.88 Å². The standard InChI is InChI=1S/C21H17N5O6/c1-11-5-17-19(21(27)31-11)18(15(7-22)20(23)32-17)12-3-4-16(30-2)13(6-12)9-25-10-14(8-24-25)26(28)29/h3-6,8,10,18H,9,23H2,1-2H3. The van der Waals surface area contributed by atoms with Gasteiger partial charge >= 0.3 is 11.3 Å². The van der Waals surface area contributed by atoms with Gasteiger partial charge in [0.25, 0.3) is 0 Å². The van der Waals surface area contributed by atoms with E-state index in [-0.39, 0.29) is 35.0 Å². The Balaban J connectivity index is 1.84. The van der Waals surface area contributed by atoms with Crippen molar-refractivity contribution in [3.05, 3.63) is 91.1 Å². The summed E-state index contributed by atoms with van der Waals surface area (Å²) < 4.78 is 17.6. The van der Waals surface area contributed by atoms with E-state index < -0.39 is 16.5 Å². The molecule has 1 atom stereocenters. The highest BCUT2D eigenvalue weighted by Gasteiger charge is 2.34. The SMILES string of the molecule is COc1ccc(C2C(C#N)=C(N)Oc3cc(C)oc(=O)c32)cc1Cn1cc([N+](=O)[O-])cn1. The number of nitrogens with two attached hydrogens (primary N) is 1. The van der Waals surface area contributed by atoms with Crippen molar-refractivity contribution in [3.63, 3.8) is 0 Å². The Hall–Kier alpha value is -4.59. The Morgan fingerprint density at radius 1 is 1.41 bits per heavy atom. The summed E-state index contributed by atoms with van der Waals surface area (Å²) in [7, 11) is 1.49. The van der Waals surface area contributed by atoms with Gasteiger partial charge in [0, 0.05) is 11.6 Å². The molecule has 0 amide bonds. The predicted molar refractivity (Wildman–Crippen MR) is 110 cm³/mol. The third-order valence-corrected chi connectivity index (χ3v) is 5.06. The summed E-state index contributed by atoms with van der Waals surface area (Å²) in [4.78, 5) is 23.1. The zero-order valence-electron chi connectivity index (χ0n) is 17.1. The van der Waals surface area contributed by atoms with E-state index in [2.05, 4.69) is 5.10 Å². The molecule has 2 aromatic heterocycles. The van der Waals surface area contributed by atoms with Crippen molar-refractivity contribution in [3.8, 4) is 17.6 Å². The molecule has 1 aliphatic heterocycles. The first-order chi connectivity index (χ1) is 15.3. The van der Waals surface area contributed by atoms with Crippen LogP contribution in [0.1, 0.15) is 28.4 Å². The van der Waals surface area contributed by atoms with E-state index in [4.69, 9.17) is 19.6 Å². The Labute approximate surface area is 181 Å². The van der Waals surface area contributed by atoms with Gasteiger partial charge in [-0.25, -0.2) is 4.79 Å². The maximum atomic E-state index is 12.7. The van der Waals surface area contributed by atoms with Crippen LogP contribution in [0.4, 0.5) is 5.69 Å². The maximum absolute atomic E-state index is 12.7. The van der Waals surface area contributed by atoms with Gasteiger partial charge in [-0.05, 0) is 24.6 Å². The van der Waals surface area contributed by atoms with Crippen LogP contribution in [-0.2, 0) is 6.54 Å². The fourth-order valence-electron chi connectivity index (χ4n) is 3.66. The van der Waals surface area contributed by atoms with Crippen LogP contribution in [0, 0.1) is 28.4 Å². The third-order valence-electron chi connectivity index (χ3n) is 5.06. The second-order valence-electron chi connectivity index (χ2n) is 7.07. The second kappa shape index (κ2) is 7.92. The number of nitrogens with zero attached hydrogens (tertiary/aromatic N) is 4. The van der Waals surface area contributed by atoms with Crippen molar-refractivity contribution in [2.24, 2.45) is 5.73 Å². The lowest BCUT2D eigenvalue weighted by Gasteiger charge is -2.25. The largest absolute Gasteiger partial charge is 0.496 e. The van der Waals surface area contributed by atoms with Crippen molar-refractivity contribution in [2.45, 2.75) is 19.4 Å². The van der Waals surface area contributed by atoms with Gasteiger partial charge in [-0.15, -0.1) is 0 Å². The number of hydrogen-bond acceptors (Lipinski definition) is 9. The van der Waals surface area contributed by atoms with Crippen LogP contribution in [0.15, 0.2) is 57.3 Å². The van der Waals surface area contributed by atoms with Gasteiger partial charge in [0.1, 0.15) is 41.3 Å². The first-order valence-corrected chi connectivity index (χ1v) is 9.38. The molecule has 162 valence electrons. The average molecular weight is 435 g/mol. The molecule has 0 saturated heterocycles. The van der Waals surface area contributed by atoms with Gasteiger partial charge in [-0.2, -0.15) is 10.4 Å². The van der Waals surface area contributed by atoms with Crippen LogP contribution in [-0.4, -0.2) is 21.8 Å². The van der Waals surface area contributed by atoms with Gasteiger partial charge in [-0.3, -0.25) is 14.8 Å². The molecule has 0 radical (unpaired) electrons. The number of ether oxygens (including phenoxy) is 2. The highest BCUT2D eigenvalue weighted by Crippen LogP contribution is 2.41. The van der Waals surface area contributed by atoms with E-state index >= 15 is 0 Å². The molecule has 1 aromatic carbocycles. The molecule has 1 unspecified atom stereocenters. The average Bonchev–Trinajstić information content (AvgIpc) is 3.21. The number of fused-ring (bicyclic) bond motifs is 1. The molecule has 11 heteroatoms. The highest BCUT2D eigenvalue weighted by atomic mass is 16.6. The molecule has 32 heavy (non-hydrogen) atoms. The molecule has 3 heterocycles. The fourth-order valence-corrected chi connectivity index (χ4v) is 3.66. The lowest BCUT2D eigenvalue weighted by Crippen LogP contribution is -2.26. The van der Waals surface area contributed by atoms with Crippen molar-refractivity contribution in [1.82, 2.24) is 9.78 Å². The zero-order valence-corrected chi connectivity index (χ0v) is 17.1. The van der Waals surface area contributed by atoms with Crippen LogP contribution in [0.5, 0.6) is 11.5 Å². The quantitative estimate of drug-likeness (QED) is 0.468. The van der Waals surface area contributed by atoms with E-state index in [1.54, 1.807) is 25.1 Å². The fraction of sp³-hybridized carbons (Fsp3) is 0.190. The normalized spacial score (nSPS) is 15.0. The Morgan fingerprint density at radius 3 is 2.84 bits per heavy atom. The molecule has 4 rings (SSSR count). The number of allylic oxidation sites excluding steroid dienone is 1. The molecule has 1 aliphatic rings. The molecule has 0 bridgehead atoms. The molecule has 0 fully saturated rings. The first-order valence-electron chi connectivity index (χ1n) is 9.38. The highest BCUT2D eigenvalue weighted by molar-refractivity contribution is 5.56. The van der Waals surface area contributed by atoms with E-state index in [1.165, 1.54) is 24.1 Å². The molecule has 3 aromatic rings. The zero-order chi connectivity index (χ0) is 23.0. The molecular formula is C21H17N5O6. The first kappa shape index (κ1) is 20.7. The summed E-state index contributed by atoms with van der Waals surface area (Å²) in [6.45, 7) is 1.76. The topological polar surface area (TPSA) is 159 Å². The summed E-state index contributed by atoms with van der Waals surface area (Å²) in [5, 5.41) is 24.7. The summed E-state index contributed by atoms with van der Waals surface area (Å²) in [5.74, 6) is 0.148. The Kier molecular flexibility index (Phi) is 5.11. The van der Waals surface area contributed by atoms with Gasteiger partial charge in [0.15, 0.2) is 0 Å². The number of hydrogen-bond donors (Lipinski definition) is 1. The monoisotopic (exact) mass is 435 g/mol. The molecular weight excluding hydrogens is 418 g/mol. The van der Waals surface area contributed by atoms with Crippen LogP contribution in [0.25, 0.3) is 0 Å². The van der Waals surface area contributed by atoms with Crippen molar-refractivity contribution in [1.29, 1.82) is 5.26 Å². The summed E-state index contributed by atoms with van der Waals surface area (Å²) in [6, 6.07) is 8.68. The lowest BCUT2D eigenvalue weighted by molar-refractivity contribution is -0.385. The van der Waals surface area contributed by atoms with E-state index in [0.29, 0.717) is 22.6 Å².